The molecule has 7 heteroatoms. The van der Waals surface area contributed by atoms with Gasteiger partial charge in [-0.15, -0.1) is 0 Å². The van der Waals surface area contributed by atoms with E-state index in [-0.39, 0.29) is 29.9 Å². The van der Waals surface area contributed by atoms with Gasteiger partial charge in [0.1, 0.15) is 5.60 Å². The van der Waals surface area contributed by atoms with Crippen molar-refractivity contribution in [2.75, 3.05) is 26.7 Å². The van der Waals surface area contributed by atoms with Crippen molar-refractivity contribution in [3.63, 3.8) is 0 Å². The van der Waals surface area contributed by atoms with Gasteiger partial charge in [-0.05, 0) is 51.3 Å². The van der Waals surface area contributed by atoms with Crippen LogP contribution in [0, 0.1) is 5.92 Å². The van der Waals surface area contributed by atoms with Gasteiger partial charge in [-0.3, -0.25) is 9.59 Å². The summed E-state index contributed by atoms with van der Waals surface area (Å²) < 4.78 is 5.54. The first-order valence-electron chi connectivity index (χ1n) is 10.3. The fourth-order valence-corrected chi connectivity index (χ4v) is 3.75. The fraction of sp³-hybridized carbons (Fsp3) is 0.591. The molecule has 2 fully saturated rings. The van der Waals surface area contributed by atoms with Crippen molar-refractivity contribution >= 4 is 17.9 Å². The number of piperazine rings is 1. The standard InChI is InChI=1S/C22H31N3O4/c1-22(2,3)29-21(28)24-11-12-25(20(27)15-7-5-8-15)18(14-24)16-9-6-10-17(13-16)19(26)23-4/h6,9-10,13,15,18H,5,7-8,11-12,14H2,1-4H3,(H,23,26)/t18-/m1/s1. The third-order valence-corrected chi connectivity index (χ3v) is 5.53. The summed E-state index contributed by atoms with van der Waals surface area (Å²) in [6, 6.07) is 6.99. The maximum atomic E-state index is 13.1. The molecule has 2 aliphatic rings. The predicted molar refractivity (Wildman–Crippen MR) is 109 cm³/mol. The average Bonchev–Trinajstić information content (AvgIpc) is 2.64. The van der Waals surface area contributed by atoms with Gasteiger partial charge >= 0.3 is 6.09 Å². The Kier molecular flexibility index (Phi) is 6.15. The predicted octanol–water partition coefficient (Wildman–Crippen LogP) is 2.97. The van der Waals surface area contributed by atoms with Crippen LogP contribution in [0.3, 0.4) is 0 Å². The van der Waals surface area contributed by atoms with Crippen LogP contribution in [0.25, 0.3) is 0 Å². The Balaban J connectivity index is 1.86. The van der Waals surface area contributed by atoms with Crippen molar-refractivity contribution < 1.29 is 19.1 Å². The summed E-state index contributed by atoms with van der Waals surface area (Å²) in [6.07, 6.45) is 2.57. The van der Waals surface area contributed by atoms with Gasteiger partial charge in [-0.25, -0.2) is 4.79 Å². The molecule has 1 aromatic carbocycles. The maximum absolute atomic E-state index is 13.1. The average molecular weight is 402 g/mol. The highest BCUT2D eigenvalue weighted by Gasteiger charge is 2.39. The summed E-state index contributed by atoms with van der Waals surface area (Å²) in [5.74, 6) is 0.0478. The monoisotopic (exact) mass is 401 g/mol. The number of carbonyl (C=O) groups excluding carboxylic acids is 3. The van der Waals surface area contributed by atoms with Gasteiger partial charge < -0.3 is 19.9 Å². The van der Waals surface area contributed by atoms with E-state index in [0.29, 0.717) is 25.2 Å². The first-order chi connectivity index (χ1) is 13.7. The lowest BCUT2D eigenvalue weighted by atomic mass is 9.83. The number of nitrogens with zero attached hydrogens (tertiary/aromatic N) is 2. The van der Waals surface area contributed by atoms with Crippen molar-refractivity contribution in [3.05, 3.63) is 35.4 Å². The van der Waals surface area contributed by atoms with E-state index in [1.165, 1.54) is 0 Å². The largest absolute Gasteiger partial charge is 0.444 e. The molecule has 1 N–H and O–H groups in total. The highest BCUT2D eigenvalue weighted by molar-refractivity contribution is 5.94. The van der Waals surface area contributed by atoms with E-state index in [0.717, 1.165) is 24.8 Å². The minimum Gasteiger partial charge on any atom is -0.444 e. The summed E-state index contributed by atoms with van der Waals surface area (Å²) in [4.78, 5) is 41.3. The number of rotatable bonds is 3. The number of hydrogen-bond donors (Lipinski definition) is 1. The van der Waals surface area contributed by atoms with Crippen LogP contribution in [0.15, 0.2) is 24.3 Å². The van der Waals surface area contributed by atoms with Crippen molar-refractivity contribution in [2.45, 2.75) is 51.7 Å². The second-order valence-corrected chi connectivity index (χ2v) is 8.81. The van der Waals surface area contributed by atoms with E-state index in [2.05, 4.69) is 5.32 Å². The molecule has 0 aromatic heterocycles. The summed E-state index contributed by atoms with van der Waals surface area (Å²) in [7, 11) is 1.59. The second-order valence-electron chi connectivity index (χ2n) is 8.81. The van der Waals surface area contributed by atoms with Crippen LogP contribution in [0.5, 0.6) is 0 Å². The zero-order valence-electron chi connectivity index (χ0n) is 17.7. The smallest absolute Gasteiger partial charge is 0.410 e. The summed E-state index contributed by atoms with van der Waals surface area (Å²) in [5, 5.41) is 2.63. The first kappa shape index (κ1) is 21.1. The quantitative estimate of drug-likeness (QED) is 0.845. The van der Waals surface area contributed by atoms with Crippen molar-refractivity contribution in [1.82, 2.24) is 15.1 Å². The molecule has 1 saturated heterocycles. The van der Waals surface area contributed by atoms with Crippen LogP contribution in [0.2, 0.25) is 0 Å². The Morgan fingerprint density at radius 2 is 1.86 bits per heavy atom. The maximum Gasteiger partial charge on any atom is 0.410 e. The molecule has 1 aliphatic carbocycles. The minimum absolute atomic E-state index is 0.0766. The van der Waals surface area contributed by atoms with E-state index < -0.39 is 5.60 Å². The lowest BCUT2D eigenvalue weighted by Crippen LogP contribution is -2.54. The topological polar surface area (TPSA) is 79.0 Å². The molecule has 1 heterocycles. The van der Waals surface area contributed by atoms with Gasteiger partial charge in [0.25, 0.3) is 5.91 Å². The van der Waals surface area contributed by atoms with E-state index >= 15 is 0 Å². The fourth-order valence-electron chi connectivity index (χ4n) is 3.75. The number of hydrogen-bond acceptors (Lipinski definition) is 4. The van der Waals surface area contributed by atoms with Crippen molar-refractivity contribution in [3.8, 4) is 0 Å². The SMILES string of the molecule is CNC(=O)c1cccc([C@H]2CN(C(=O)OC(C)(C)C)CCN2C(=O)C2CCC2)c1. The van der Waals surface area contributed by atoms with Crippen LogP contribution in [-0.4, -0.2) is 60.0 Å². The van der Waals surface area contributed by atoms with Crippen LogP contribution in [0.4, 0.5) is 4.79 Å². The molecule has 3 rings (SSSR count). The van der Waals surface area contributed by atoms with Gasteiger partial charge in [-0.1, -0.05) is 18.6 Å². The highest BCUT2D eigenvalue weighted by Crippen LogP contribution is 2.34. The minimum atomic E-state index is -0.579. The first-order valence-corrected chi connectivity index (χ1v) is 10.3. The lowest BCUT2D eigenvalue weighted by Gasteiger charge is -2.44. The normalized spacial score (nSPS) is 20.1. The zero-order valence-corrected chi connectivity index (χ0v) is 17.7. The molecule has 0 unspecified atom stereocenters. The van der Waals surface area contributed by atoms with Crippen molar-refractivity contribution in [2.24, 2.45) is 5.92 Å². The molecule has 0 spiro atoms. The Morgan fingerprint density at radius 3 is 2.45 bits per heavy atom. The van der Waals surface area contributed by atoms with Gasteiger partial charge in [0.05, 0.1) is 6.04 Å². The van der Waals surface area contributed by atoms with Crippen LogP contribution < -0.4 is 5.32 Å². The molecule has 1 saturated carbocycles. The third-order valence-electron chi connectivity index (χ3n) is 5.53. The van der Waals surface area contributed by atoms with Crippen LogP contribution in [0.1, 0.15) is 62.0 Å². The number of amides is 3. The Hall–Kier alpha value is -2.57. The molecule has 3 amide bonds. The lowest BCUT2D eigenvalue weighted by molar-refractivity contribution is -0.143. The van der Waals surface area contributed by atoms with E-state index in [1.54, 1.807) is 18.0 Å². The molecular weight excluding hydrogens is 370 g/mol. The molecule has 0 radical (unpaired) electrons. The summed E-state index contributed by atoms with van der Waals surface area (Å²) >= 11 is 0. The summed E-state index contributed by atoms with van der Waals surface area (Å²) in [5.41, 5.74) is 0.812. The molecular formula is C22H31N3O4. The van der Waals surface area contributed by atoms with Crippen molar-refractivity contribution in [1.29, 1.82) is 0 Å². The number of nitrogens with one attached hydrogen (secondary N) is 1. The van der Waals surface area contributed by atoms with Gasteiger partial charge in [0.2, 0.25) is 5.91 Å². The zero-order chi connectivity index (χ0) is 21.2. The summed E-state index contributed by atoms with van der Waals surface area (Å²) in [6.45, 7) is 6.77. The van der Waals surface area contributed by atoms with Gasteiger partial charge in [0, 0.05) is 38.2 Å². The Morgan fingerprint density at radius 1 is 1.14 bits per heavy atom. The molecule has 0 bridgehead atoms. The molecule has 158 valence electrons. The molecule has 1 aromatic rings. The van der Waals surface area contributed by atoms with Gasteiger partial charge in [-0.2, -0.15) is 0 Å². The van der Waals surface area contributed by atoms with E-state index in [4.69, 9.17) is 4.74 Å². The highest BCUT2D eigenvalue weighted by atomic mass is 16.6. The van der Waals surface area contributed by atoms with Gasteiger partial charge in [0.15, 0.2) is 0 Å². The van der Waals surface area contributed by atoms with E-state index in [1.807, 2.05) is 43.9 Å². The molecule has 7 nitrogen and oxygen atoms in total. The number of benzene rings is 1. The Labute approximate surface area is 172 Å². The Bertz CT molecular complexity index is 783. The second kappa shape index (κ2) is 8.43. The number of ether oxygens (including phenoxy) is 1. The molecule has 29 heavy (non-hydrogen) atoms. The van der Waals surface area contributed by atoms with E-state index in [9.17, 15) is 14.4 Å². The third kappa shape index (κ3) is 4.89. The van der Waals surface area contributed by atoms with Crippen LogP contribution >= 0.6 is 0 Å². The molecule has 1 aliphatic heterocycles. The van der Waals surface area contributed by atoms with Crippen LogP contribution in [-0.2, 0) is 9.53 Å². The number of carbonyl (C=O) groups is 3. The molecule has 1 atom stereocenters.